The predicted octanol–water partition coefficient (Wildman–Crippen LogP) is 2.85. The number of aryl methyl sites for hydroxylation is 1. The highest BCUT2D eigenvalue weighted by Crippen LogP contribution is 2.34. The van der Waals surface area contributed by atoms with Crippen molar-refractivity contribution in [1.82, 2.24) is 15.1 Å². The molecule has 2 rings (SSSR count). The third-order valence-electron chi connectivity index (χ3n) is 3.30. The number of aromatic nitrogens is 2. The summed E-state index contributed by atoms with van der Waals surface area (Å²) in [4.78, 5) is 1.27. The highest BCUT2D eigenvalue weighted by atomic mass is 32.2. The van der Waals surface area contributed by atoms with Crippen molar-refractivity contribution < 1.29 is 4.74 Å². The van der Waals surface area contributed by atoms with E-state index >= 15 is 0 Å². The monoisotopic (exact) mass is 291 g/mol. The van der Waals surface area contributed by atoms with Crippen LogP contribution >= 0.6 is 11.8 Å². The zero-order valence-corrected chi connectivity index (χ0v) is 13.2. The highest BCUT2D eigenvalue weighted by Gasteiger charge is 2.23. The number of benzene rings is 1. The molecule has 20 heavy (non-hydrogen) atoms. The van der Waals surface area contributed by atoms with Crippen molar-refractivity contribution in [1.29, 1.82) is 0 Å². The van der Waals surface area contributed by atoms with Crippen LogP contribution in [0.25, 0.3) is 0 Å². The predicted molar refractivity (Wildman–Crippen MR) is 83.5 cm³/mol. The fourth-order valence-corrected chi connectivity index (χ4v) is 3.01. The Bertz CT molecular complexity index is 568. The summed E-state index contributed by atoms with van der Waals surface area (Å²) in [5.74, 6) is 0.814. The first kappa shape index (κ1) is 14.9. The van der Waals surface area contributed by atoms with Crippen molar-refractivity contribution in [2.45, 2.75) is 17.9 Å². The third-order valence-corrected chi connectivity index (χ3v) is 4.11. The largest absolute Gasteiger partial charge is 0.493 e. The molecule has 0 bridgehead atoms. The van der Waals surface area contributed by atoms with Gasteiger partial charge in [0.1, 0.15) is 5.69 Å². The van der Waals surface area contributed by atoms with Crippen molar-refractivity contribution in [2.24, 2.45) is 7.05 Å². The second kappa shape index (κ2) is 6.81. The fourth-order valence-electron chi connectivity index (χ4n) is 2.38. The molecule has 1 unspecified atom stereocenters. The van der Waals surface area contributed by atoms with Crippen molar-refractivity contribution in [3.8, 4) is 5.75 Å². The smallest absolute Gasteiger partial charge is 0.161 e. The van der Waals surface area contributed by atoms with Crippen LogP contribution in [-0.2, 0) is 7.05 Å². The van der Waals surface area contributed by atoms with Crippen molar-refractivity contribution in [3.05, 3.63) is 41.7 Å². The number of ether oxygens (including phenoxy) is 1. The second-order valence-electron chi connectivity index (χ2n) is 4.45. The molecule has 108 valence electrons. The van der Waals surface area contributed by atoms with E-state index in [4.69, 9.17) is 4.74 Å². The maximum atomic E-state index is 5.46. The van der Waals surface area contributed by atoms with Crippen LogP contribution in [0.2, 0.25) is 0 Å². The van der Waals surface area contributed by atoms with Gasteiger partial charge in [0, 0.05) is 11.9 Å². The van der Waals surface area contributed by atoms with E-state index < -0.39 is 0 Å². The molecule has 0 aliphatic heterocycles. The van der Waals surface area contributed by atoms with E-state index in [0.717, 1.165) is 18.0 Å². The van der Waals surface area contributed by atoms with Gasteiger partial charge < -0.3 is 10.1 Å². The number of nitrogens with one attached hydrogen (secondary N) is 1. The Morgan fingerprint density at radius 3 is 2.80 bits per heavy atom. The first-order valence-electron chi connectivity index (χ1n) is 6.65. The van der Waals surface area contributed by atoms with Gasteiger partial charge in [0.25, 0.3) is 0 Å². The van der Waals surface area contributed by atoms with Gasteiger partial charge in [-0.1, -0.05) is 25.1 Å². The minimum atomic E-state index is 0.0751. The summed E-state index contributed by atoms with van der Waals surface area (Å²) < 4.78 is 7.34. The van der Waals surface area contributed by atoms with Crippen LogP contribution in [-0.4, -0.2) is 29.7 Å². The molecule has 0 aliphatic carbocycles. The minimum Gasteiger partial charge on any atom is -0.493 e. The Labute approximate surface area is 124 Å². The Hall–Kier alpha value is -1.46. The average molecular weight is 291 g/mol. The van der Waals surface area contributed by atoms with E-state index in [-0.39, 0.29) is 6.04 Å². The molecule has 0 saturated heterocycles. The molecule has 1 aromatic carbocycles. The van der Waals surface area contributed by atoms with Gasteiger partial charge in [-0.25, -0.2) is 0 Å². The molecule has 1 aromatic heterocycles. The molecule has 5 heteroatoms. The number of methoxy groups -OCH3 is 1. The van der Waals surface area contributed by atoms with Crippen LogP contribution in [0.3, 0.4) is 0 Å². The molecule has 0 saturated carbocycles. The lowest BCUT2D eigenvalue weighted by Gasteiger charge is -2.22. The van der Waals surface area contributed by atoms with Crippen LogP contribution in [0.15, 0.2) is 35.4 Å². The van der Waals surface area contributed by atoms with Crippen LogP contribution in [0, 0.1) is 0 Å². The lowest BCUT2D eigenvalue weighted by Crippen LogP contribution is -2.25. The molecular weight excluding hydrogens is 270 g/mol. The van der Waals surface area contributed by atoms with E-state index in [1.54, 1.807) is 25.1 Å². The van der Waals surface area contributed by atoms with Gasteiger partial charge in [0.15, 0.2) is 5.75 Å². The van der Waals surface area contributed by atoms with Gasteiger partial charge in [-0.15, -0.1) is 11.8 Å². The van der Waals surface area contributed by atoms with Crippen LogP contribution < -0.4 is 10.1 Å². The number of hydrogen-bond acceptors (Lipinski definition) is 4. The number of thioether (sulfide) groups is 1. The normalized spacial score (nSPS) is 12.4. The molecule has 0 fully saturated rings. The number of nitrogens with zero attached hydrogens (tertiary/aromatic N) is 2. The minimum absolute atomic E-state index is 0.0751. The van der Waals surface area contributed by atoms with Crippen molar-refractivity contribution in [2.75, 3.05) is 19.9 Å². The summed E-state index contributed by atoms with van der Waals surface area (Å²) in [6, 6.07) is 8.52. The highest BCUT2D eigenvalue weighted by molar-refractivity contribution is 7.98. The van der Waals surface area contributed by atoms with Crippen molar-refractivity contribution >= 4 is 11.8 Å². The second-order valence-corrected chi connectivity index (χ2v) is 5.30. The molecule has 2 aromatic rings. The zero-order valence-electron chi connectivity index (χ0n) is 12.4. The Morgan fingerprint density at radius 1 is 1.40 bits per heavy atom. The maximum absolute atomic E-state index is 5.46. The lowest BCUT2D eigenvalue weighted by molar-refractivity contribution is 0.401. The summed E-state index contributed by atoms with van der Waals surface area (Å²) in [7, 11) is 3.63. The molecule has 1 atom stereocenters. The van der Waals surface area contributed by atoms with Crippen molar-refractivity contribution in [3.63, 3.8) is 0 Å². The van der Waals surface area contributed by atoms with E-state index in [1.807, 2.05) is 11.7 Å². The SMILES string of the molecule is CCNC(c1ccccc1SC)c1c(OC)cnn1C. The number of rotatable bonds is 6. The van der Waals surface area contributed by atoms with E-state index in [9.17, 15) is 0 Å². The molecular formula is C15H21N3OS. The first-order chi connectivity index (χ1) is 9.72. The maximum Gasteiger partial charge on any atom is 0.161 e. The first-order valence-corrected chi connectivity index (χ1v) is 7.87. The molecule has 0 spiro atoms. The summed E-state index contributed by atoms with van der Waals surface area (Å²) >= 11 is 1.76. The Morgan fingerprint density at radius 2 is 2.15 bits per heavy atom. The van der Waals surface area contributed by atoms with Gasteiger partial charge in [-0.05, 0) is 24.4 Å². The Balaban J connectivity index is 2.53. The van der Waals surface area contributed by atoms with Gasteiger partial charge in [0.2, 0.25) is 0 Å². The third kappa shape index (κ3) is 2.83. The topological polar surface area (TPSA) is 39.1 Å². The summed E-state index contributed by atoms with van der Waals surface area (Å²) in [6.07, 6.45) is 3.86. The summed E-state index contributed by atoms with van der Waals surface area (Å²) in [5.41, 5.74) is 2.31. The van der Waals surface area contributed by atoms with Gasteiger partial charge in [-0.3, -0.25) is 4.68 Å². The van der Waals surface area contributed by atoms with E-state index in [1.165, 1.54) is 10.5 Å². The summed E-state index contributed by atoms with van der Waals surface area (Å²) in [6.45, 7) is 2.99. The quantitative estimate of drug-likeness (QED) is 0.831. The Kier molecular flexibility index (Phi) is 5.09. The van der Waals surface area contributed by atoms with Crippen LogP contribution in [0.1, 0.15) is 24.2 Å². The molecule has 1 N–H and O–H groups in total. The van der Waals surface area contributed by atoms with Gasteiger partial charge in [0.05, 0.1) is 19.3 Å². The fraction of sp³-hybridized carbons (Fsp3) is 0.400. The number of hydrogen-bond donors (Lipinski definition) is 1. The van der Waals surface area contributed by atoms with Gasteiger partial charge >= 0.3 is 0 Å². The molecule has 0 amide bonds. The molecule has 1 heterocycles. The molecule has 0 radical (unpaired) electrons. The van der Waals surface area contributed by atoms with E-state index in [0.29, 0.717) is 0 Å². The molecule has 4 nitrogen and oxygen atoms in total. The zero-order chi connectivity index (χ0) is 14.5. The summed E-state index contributed by atoms with van der Waals surface area (Å²) in [5, 5.41) is 7.85. The van der Waals surface area contributed by atoms with Crippen LogP contribution in [0.5, 0.6) is 5.75 Å². The average Bonchev–Trinajstić information content (AvgIpc) is 2.85. The standard InChI is InChI=1S/C15H21N3OS/c1-5-16-14(11-8-6-7-9-13(11)20-4)15-12(19-3)10-17-18(15)2/h6-10,14,16H,5H2,1-4H3. The van der Waals surface area contributed by atoms with E-state index in [2.05, 4.69) is 47.9 Å². The molecule has 0 aliphatic rings. The lowest BCUT2D eigenvalue weighted by atomic mass is 10.0. The van der Waals surface area contributed by atoms with Gasteiger partial charge in [-0.2, -0.15) is 5.10 Å². The van der Waals surface area contributed by atoms with Crippen LogP contribution in [0.4, 0.5) is 0 Å².